The van der Waals surface area contributed by atoms with E-state index in [1.54, 1.807) is 18.2 Å². The number of hydrogen-bond acceptors (Lipinski definition) is 4. The van der Waals surface area contributed by atoms with Gasteiger partial charge in [0, 0.05) is 11.1 Å². The fraction of sp³-hybridized carbons (Fsp3) is 0.296. The van der Waals surface area contributed by atoms with Crippen molar-refractivity contribution in [1.29, 1.82) is 0 Å². The molecule has 1 aliphatic rings. The molecule has 0 saturated carbocycles. The Morgan fingerprint density at radius 1 is 1.11 bits per heavy atom. The molecule has 35 heavy (non-hydrogen) atoms. The number of carbonyl (C=O) groups is 1. The van der Waals surface area contributed by atoms with E-state index in [1.807, 2.05) is 38.1 Å². The molecule has 3 aromatic carbocycles. The minimum Gasteiger partial charge on any atom is -0.384 e. The van der Waals surface area contributed by atoms with E-state index >= 15 is 0 Å². The highest BCUT2D eigenvalue weighted by atomic mass is 19.4. The molecule has 2 unspecified atom stereocenters. The van der Waals surface area contributed by atoms with Crippen LogP contribution < -0.4 is 10.4 Å². The Hall–Kier alpha value is -3.38. The Kier molecular flexibility index (Phi) is 7.13. The number of amides is 1. The number of aliphatic hydroxyl groups excluding tert-OH is 1. The Labute approximate surface area is 201 Å². The van der Waals surface area contributed by atoms with Gasteiger partial charge in [0.15, 0.2) is 0 Å². The maximum absolute atomic E-state index is 14.3. The van der Waals surface area contributed by atoms with Gasteiger partial charge < -0.3 is 5.11 Å². The van der Waals surface area contributed by atoms with Crippen LogP contribution in [-0.4, -0.2) is 30.4 Å². The lowest BCUT2D eigenvalue weighted by Gasteiger charge is -2.24. The van der Waals surface area contributed by atoms with Crippen molar-refractivity contribution in [3.05, 3.63) is 76.9 Å². The molecule has 2 atom stereocenters. The summed E-state index contributed by atoms with van der Waals surface area (Å²) in [6, 6.07) is 15.0. The molecule has 0 spiro atoms. The summed E-state index contributed by atoms with van der Waals surface area (Å²) in [6.07, 6.45) is -4.82. The molecule has 0 bridgehead atoms. The first-order valence-electron chi connectivity index (χ1n) is 11.4. The van der Waals surface area contributed by atoms with Crippen LogP contribution >= 0.6 is 0 Å². The van der Waals surface area contributed by atoms with Crippen molar-refractivity contribution in [2.24, 2.45) is 0 Å². The maximum atomic E-state index is 14.3. The van der Waals surface area contributed by atoms with E-state index in [9.17, 15) is 18.0 Å². The summed E-state index contributed by atoms with van der Waals surface area (Å²) in [7, 11) is 0. The molecule has 0 aromatic heterocycles. The fourth-order valence-corrected chi connectivity index (χ4v) is 4.33. The van der Waals surface area contributed by atoms with Crippen LogP contribution in [0.25, 0.3) is 10.8 Å². The average molecular weight is 483 g/mol. The Bertz CT molecular complexity index is 1310. The monoisotopic (exact) mass is 482 g/mol. The Morgan fingerprint density at radius 2 is 1.86 bits per heavy atom. The van der Waals surface area contributed by atoms with Crippen LogP contribution in [0.3, 0.4) is 0 Å². The maximum Gasteiger partial charge on any atom is 0.416 e. The van der Waals surface area contributed by atoms with E-state index in [4.69, 9.17) is 9.94 Å². The predicted molar refractivity (Wildman–Crippen MR) is 128 cm³/mol. The Morgan fingerprint density at radius 3 is 2.51 bits per heavy atom. The second kappa shape index (κ2) is 10.1. The minimum absolute atomic E-state index is 0.00146. The number of fused-ring (bicyclic) bond motifs is 2. The summed E-state index contributed by atoms with van der Waals surface area (Å²) in [5.41, 5.74) is -0.647. The van der Waals surface area contributed by atoms with Crippen molar-refractivity contribution in [3.63, 3.8) is 0 Å². The molecule has 3 aromatic rings. The molecule has 0 aliphatic carbocycles. The number of hydrogen-bond donors (Lipinski definition) is 2. The molecule has 182 valence electrons. The van der Waals surface area contributed by atoms with Gasteiger partial charge in [0.05, 0.1) is 17.2 Å². The number of alkyl halides is 3. The first-order chi connectivity index (χ1) is 16.8. The number of anilines is 1. The van der Waals surface area contributed by atoms with Gasteiger partial charge in [0.1, 0.15) is 12.8 Å². The van der Waals surface area contributed by atoms with Gasteiger partial charge in [-0.1, -0.05) is 68.2 Å². The summed E-state index contributed by atoms with van der Waals surface area (Å²) in [6.45, 7) is 3.76. The number of nitrogens with one attached hydrogen (secondary N) is 1. The third-order valence-corrected chi connectivity index (χ3v) is 5.87. The second-order valence-corrected chi connectivity index (χ2v) is 8.15. The van der Waals surface area contributed by atoms with Gasteiger partial charge in [-0.3, -0.25) is 10.1 Å². The summed E-state index contributed by atoms with van der Waals surface area (Å²) < 4.78 is 42.9. The SMILES string of the molecule is CCNC(CC)ON1C(=O)C(c2ccc3ccccc3c2)c2c1cc(C#CCO)cc2C(F)(F)F. The highest BCUT2D eigenvalue weighted by Gasteiger charge is 2.47. The van der Waals surface area contributed by atoms with Crippen LogP contribution in [0.1, 0.15) is 48.4 Å². The molecule has 2 N–H and O–H groups in total. The van der Waals surface area contributed by atoms with Crippen molar-refractivity contribution in [2.75, 3.05) is 18.2 Å². The van der Waals surface area contributed by atoms with E-state index in [1.165, 1.54) is 6.07 Å². The van der Waals surface area contributed by atoms with E-state index in [0.29, 0.717) is 18.5 Å². The molecule has 1 aliphatic heterocycles. The molecule has 1 amide bonds. The summed E-state index contributed by atoms with van der Waals surface area (Å²) >= 11 is 0. The third-order valence-electron chi connectivity index (χ3n) is 5.87. The first kappa shape index (κ1) is 24.7. The number of nitrogens with zero attached hydrogens (tertiary/aromatic N) is 1. The van der Waals surface area contributed by atoms with Crippen LogP contribution in [0.2, 0.25) is 0 Å². The first-order valence-corrected chi connectivity index (χ1v) is 11.4. The summed E-state index contributed by atoms with van der Waals surface area (Å²) in [4.78, 5) is 19.6. The summed E-state index contributed by atoms with van der Waals surface area (Å²) in [5.74, 6) is 3.10. The summed E-state index contributed by atoms with van der Waals surface area (Å²) in [5, 5.41) is 14.8. The number of rotatable bonds is 6. The van der Waals surface area contributed by atoms with Gasteiger partial charge in [0.25, 0.3) is 5.91 Å². The number of aliphatic hydroxyl groups is 1. The molecule has 0 fully saturated rings. The fourth-order valence-electron chi connectivity index (χ4n) is 4.33. The van der Waals surface area contributed by atoms with Crippen LogP contribution in [0.15, 0.2) is 54.6 Å². The smallest absolute Gasteiger partial charge is 0.384 e. The molecular weight excluding hydrogens is 457 g/mol. The highest BCUT2D eigenvalue weighted by molar-refractivity contribution is 6.06. The molecular formula is C27H25F3N2O3. The molecule has 5 nitrogen and oxygen atoms in total. The zero-order valence-electron chi connectivity index (χ0n) is 19.3. The van der Waals surface area contributed by atoms with Crippen LogP contribution in [-0.2, 0) is 15.8 Å². The van der Waals surface area contributed by atoms with E-state index in [2.05, 4.69) is 17.2 Å². The van der Waals surface area contributed by atoms with Crippen LogP contribution in [0, 0.1) is 11.8 Å². The van der Waals surface area contributed by atoms with Crippen molar-refractivity contribution >= 4 is 22.4 Å². The van der Waals surface area contributed by atoms with E-state index in [-0.39, 0.29) is 16.8 Å². The van der Waals surface area contributed by atoms with Gasteiger partial charge in [-0.15, -0.1) is 0 Å². The van der Waals surface area contributed by atoms with Crippen molar-refractivity contribution in [3.8, 4) is 11.8 Å². The molecule has 8 heteroatoms. The van der Waals surface area contributed by atoms with Gasteiger partial charge in [-0.05, 0) is 41.4 Å². The lowest BCUT2D eigenvalue weighted by atomic mass is 9.87. The normalized spacial score (nSPS) is 16.2. The van der Waals surface area contributed by atoms with E-state index < -0.39 is 36.4 Å². The van der Waals surface area contributed by atoms with Crippen LogP contribution in [0.5, 0.6) is 0 Å². The largest absolute Gasteiger partial charge is 0.416 e. The minimum atomic E-state index is -4.74. The lowest BCUT2D eigenvalue weighted by molar-refractivity contribution is -0.138. The van der Waals surface area contributed by atoms with Crippen molar-refractivity contribution < 1.29 is 27.9 Å². The third kappa shape index (κ3) is 4.89. The van der Waals surface area contributed by atoms with Gasteiger partial charge in [-0.25, -0.2) is 4.84 Å². The van der Waals surface area contributed by atoms with E-state index in [0.717, 1.165) is 21.9 Å². The van der Waals surface area contributed by atoms with Crippen molar-refractivity contribution in [2.45, 2.75) is 38.6 Å². The lowest BCUT2D eigenvalue weighted by Crippen LogP contribution is -2.40. The average Bonchev–Trinajstić information content (AvgIpc) is 3.11. The van der Waals surface area contributed by atoms with Gasteiger partial charge in [-0.2, -0.15) is 18.2 Å². The zero-order valence-corrected chi connectivity index (χ0v) is 19.3. The van der Waals surface area contributed by atoms with Crippen molar-refractivity contribution in [1.82, 2.24) is 5.32 Å². The number of hydroxylamine groups is 1. The quantitative estimate of drug-likeness (QED) is 0.385. The Balaban J connectivity index is 1.94. The second-order valence-electron chi connectivity index (χ2n) is 8.15. The molecule has 1 heterocycles. The highest BCUT2D eigenvalue weighted by Crippen LogP contribution is 2.49. The number of benzene rings is 3. The standard InChI is InChI=1S/C27H25F3N2O3/c1-3-23(31-4-2)35-32-22-15-17(8-7-13-33)14-21(27(28,29)30)25(22)24(26(32)34)20-12-11-18-9-5-6-10-19(18)16-20/h5-6,9-12,14-16,23-24,31,33H,3-4,13H2,1-2H3. The molecule has 0 saturated heterocycles. The van der Waals surface area contributed by atoms with Gasteiger partial charge >= 0.3 is 6.18 Å². The predicted octanol–water partition coefficient (Wildman–Crippen LogP) is 4.96. The topological polar surface area (TPSA) is 61.8 Å². The van der Waals surface area contributed by atoms with Gasteiger partial charge in [0.2, 0.25) is 0 Å². The number of carbonyl (C=O) groups excluding carboxylic acids is 1. The number of halogens is 3. The molecule has 4 rings (SSSR count). The van der Waals surface area contributed by atoms with Crippen LogP contribution in [0.4, 0.5) is 18.9 Å². The molecule has 0 radical (unpaired) electrons. The zero-order chi connectivity index (χ0) is 25.2.